The first-order valence-corrected chi connectivity index (χ1v) is 10.9. The molecule has 1 aliphatic rings. The Morgan fingerprint density at radius 1 is 0.903 bits per heavy atom. The van der Waals surface area contributed by atoms with Gasteiger partial charge in [-0.25, -0.2) is 0 Å². The van der Waals surface area contributed by atoms with Crippen molar-refractivity contribution < 1.29 is 19.3 Å². The molecule has 3 rings (SSSR count). The van der Waals surface area contributed by atoms with E-state index in [1.165, 1.54) is 0 Å². The summed E-state index contributed by atoms with van der Waals surface area (Å²) >= 11 is 0. The molecule has 1 fully saturated rings. The Morgan fingerprint density at radius 2 is 1.52 bits per heavy atom. The third-order valence-corrected chi connectivity index (χ3v) is 5.66. The van der Waals surface area contributed by atoms with Gasteiger partial charge >= 0.3 is 0 Å². The fourth-order valence-corrected chi connectivity index (χ4v) is 3.79. The molecule has 0 bridgehead atoms. The predicted molar refractivity (Wildman–Crippen MR) is 120 cm³/mol. The van der Waals surface area contributed by atoms with E-state index in [-0.39, 0.29) is 17.7 Å². The zero-order valence-corrected chi connectivity index (χ0v) is 18.3. The molecule has 7 nitrogen and oxygen atoms in total. The van der Waals surface area contributed by atoms with Crippen LogP contribution >= 0.6 is 0 Å². The third kappa shape index (κ3) is 5.92. The fraction of sp³-hybridized carbons (Fsp3) is 0.375. The van der Waals surface area contributed by atoms with Gasteiger partial charge in [-0.05, 0) is 50.2 Å². The second-order valence-corrected chi connectivity index (χ2v) is 7.69. The molecule has 0 aliphatic carbocycles. The van der Waals surface area contributed by atoms with Gasteiger partial charge in [-0.15, -0.1) is 0 Å². The SMILES string of the molecule is CCN(CC)C(=O)c1ccc(NC(=O)C[NH+]2CCN(C(=O)c3ccccc3)CC2)cc1. The lowest BCUT2D eigenvalue weighted by molar-refractivity contribution is -0.895. The Morgan fingerprint density at radius 3 is 2.10 bits per heavy atom. The summed E-state index contributed by atoms with van der Waals surface area (Å²) < 4.78 is 0. The maximum Gasteiger partial charge on any atom is 0.279 e. The number of nitrogens with one attached hydrogen (secondary N) is 2. The Hall–Kier alpha value is -3.19. The van der Waals surface area contributed by atoms with Gasteiger partial charge in [0.05, 0.1) is 26.2 Å². The maximum atomic E-state index is 12.5. The molecular weight excluding hydrogens is 392 g/mol. The average molecular weight is 424 g/mol. The van der Waals surface area contributed by atoms with Crippen molar-refractivity contribution in [2.75, 3.05) is 51.1 Å². The van der Waals surface area contributed by atoms with Gasteiger partial charge in [-0.2, -0.15) is 0 Å². The van der Waals surface area contributed by atoms with Crippen molar-refractivity contribution in [3.05, 3.63) is 65.7 Å². The Balaban J connectivity index is 1.46. The van der Waals surface area contributed by atoms with E-state index >= 15 is 0 Å². The molecule has 0 radical (unpaired) electrons. The van der Waals surface area contributed by atoms with Crippen LogP contribution in [0.15, 0.2) is 54.6 Å². The van der Waals surface area contributed by atoms with Crippen LogP contribution in [-0.4, -0.2) is 73.3 Å². The zero-order valence-electron chi connectivity index (χ0n) is 18.3. The number of nitrogens with zero attached hydrogens (tertiary/aromatic N) is 2. The van der Waals surface area contributed by atoms with Crippen LogP contribution in [0, 0.1) is 0 Å². The highest BCUT2D eigenvalue weighted by atomic mass is 16.2. The van der Waals surface area contributed by atoms with Crippen molar-refractivity contribution in [1.82, 2.24) is 9.80 Å². The second-order valence-electron chi connectivity index (χ2n) is 7.69. The first kappa shape index (κ1) is 22.5. The van der Waals surface area contributed by atoms with Crippen LogP contribution in [0.4, 0.5) is 5.69 Å². The summed E-state index contributed by atoms with van der Waals surface area (Å²) in [6, 6.07) is 16.3. The highest BCUT2D eigenvalue weighted by Gasteiger charge is 2.25. The van der Waals surface area contributed by atoms with Crippen molar-refractivity contribution in [2.45, 2.75) is 13.8 Å². The number of hydrogen-bond donors (Lipinski definition) is 2. The molecule has 31 heavy (non-hydrogen) atoms. The fourth-order valence-electron chi connectivity index (χ4n) is 3.79. The second kappa shape index (κ2) is 10.7. The van der Waals surface area contributed by atoms with Gasteiger partial charge in [0.15, 0.2) is 6.54 Å². The lowest BCUT2D eigenvalue weighted by Gasteiger charge is -2.32. The van der Waals surface area contributed by atoms with Gasteiger partial charge in [0.2, 0.25) is 0 Å². The van der Waals surface area contributed by atoms with Crippen LogP contribution in [-0.2, 0) is 4.79 Å². The van der Waals surface area contributed by atoms with E-state index in [2.05, 4.69) is 5.32 Å². The van der Waals surface area contributed by atoms with Gasteiger partial charge in [0, 0.05) is 29.9 Å². The molecule has 1 saturated heterocycles. The molecule has 0 spiro atoms. The summed E-state index contributed by atoms with van der Waals surface area (Å²) in [6.45, 7) is 8.35. The third-order valence-electron chi connectivity index (χ3n) is 5.66. The van der Waals surface area contributed by atoms with Crippen molar-refractivity contribution in [3.63, 3.8) is 0 Å². The highest BCUT2D eigenvalue weighted by Crippen LogP contribution is 2.11. The molecule has 3 amide bonds. The number of amides is 3. The van der Waals surface area contributed by atoms with E-state index in [1.54, 1.807) is 29.2 Å². The average Bonchev–Trinajstić information content (AvgIpc) is 2.81. The number of quaternary nitrogens is 1. The lowest BCUT2D eigenvalue weighted by Crippen LogP contribution is -3.15. The standard InChI is InChI=1S/C24H30N4O3/c1-3-27(4-2)23(30)20-10-12-21(13-11-20)25-22(29)18-26-14-16-28(17-15-26)24(31)19-8-6-5-7-9-19/h5-13H,3-4,14-18H2,1-2H3,(H,25,29)/p+1. The first-order valence-electron chi connectivity index (χ1n) is 10.9. The molecule has 1 heterocycles. The number of benzene rings is 2. The molecule has 0 unspecified atom stereocenters. The van der Waals surface area contributed by atoms with E-state index in [9.17, 15) is 14.4 Å². The molecular formula is C24H31N4O3+. The largest absolute Gasteiger partial charge is 0.339 e. The van der Waals surface area contributed by atoms with Crippen molar-refractivity contribution in [3.8, 4) is 0 Å². The van der Waals surface area contributed by atoms with Crippen molar-refractivity contribution in [2.24, 2.45) is 0 Å². The minimum absolute atomic E-state index is 0.00441. The summed E-state index contributed by atoms with van der Waals surface area (Å²) in [5, 5.41) is 2.91. The minimum Gasteiger partial charge on any atom is -0.339 e. The Kier molecular flexibility index (Phi) is 7.78. The van der Waals surface area contributed by atoms with Crippen LogP contribution in [0.3, 0.4) is 0 Å². The molecule has 0 atom stereocenters. The van der Waals surface area contributed by atoms with Crippen LogP contribution in [0.1, 0.15) is 34.6 Å². The summed E-state index contributed by atoms with van der Waals surface area (Å²) in [5.74, 6) is -0.0284. The quantitative estimate of drug-likeness (QED) is 0.702. The molecule has 2 aromatic carbocycles. The van der Waals surface area contributed by atoms with E-state index < -0.39 is 0 Å². The van der Waals surface area contributed by atoms with Crippen LogP contribution in [0.5, 0.6) is 0 Å². The predicted octanol–water partition coefficient (Wildman–Crippen LogP) is 1.15. The first-order chi connectivity index (χ1) is 15.0. The topological polar surface area (TPSA) is 74.2 Å². The van der Waals surface area contributed by atoms with Gasteiger partial charge in [0.25, 0.3) is 17.7 Å². The van der Waals surface area contributed by atoms with Crippen LogP contribution in [0.25, 0.3) is 0 Å². The Labute approximate surface area is 183 Å². The number of anilines is 1. The number of hydrogen-bond acceptors (Lipinski definition) is 3. The lowest BCUT2D eigenvalue weighted by atomic mass is 10.1. The number of piperazine rings is 1. The van der Waals surface area contributed by atoms with Crippen LogP contribution < -0.4 is 10.2 Å². The normalized spacial score (nSPS) is 14.2. The van der Waals surface area contributed by atoms with Crippen molar-refractivity contribution in [1.29, 1.82) is 0 Å². The number of carbonyl (C=O) groups is 3. The van der Waals surface area contributed by atoms with Gasteiger partial charge in [-0.3, -0.25) is 14.4 Å². The molecule has 2 N–H and O–H groups in total. The zero-order chi connectivity index (χ0) is 22.2. The summed E-state index contributed by atoms with van der Waals surface area (Å²) in [5.41, 5.74) is 2.00. The van der Waals surface area contributed by atoms with E-state index in [0.29, 0.717) is 49.5 Å². The van der Waals surface area contributed by atoms with E-state index in [0.717, 1.165) is 18.0 Å². The molecule has 2 aromatic rings. The van der Waals surface area contributed by atoms with Gasteiger partial charge < -0.3 is 20.0 Å². The highest BCUT2D eigenvalue weighted by molar-refractivity contribution is 5.96. The molecule has 1 aliphatic heterocycles. The number of rotatable bonds is 7. The maximum absolute atomic E-state index is 12.5. The summed E-state index contributed by atoms with van der Waals surface area (Å²) in [6.07, 6.45) is 0. The molecule has 7 heteroatoms. The van der Waals surface area contributed by atoms with E-state index in [1.807, 2.05) is 49.1 Å². The molecule has 0 aromatic heterocycles. The van der Waals surface area contributed by atoms with Crippen LogP contribution in [0.2, 0.25) is 0 Å². The van der Waals surface area contributed by atoms with E-state index in [4.69, 9.17) is 0 Å². The number of carbonyl (C=O) groups excluding carboxylic acids is 3. The molecule has 164 valence electrons. The van der Waals surface area contributed by atoms with Gasteiger partial charge in [-0.1, -0.05) is 18.2 Å². The summed E-state index contributed by atoms with van der Waals surface area (Å²) in [7, 11) is 0. The summed E-state index contributed by atoms with van der Waals surface area (Å²) in [4.78, 5) is 42.1. The molecule has 0 saturated carbocycles. The van der Waals surface area contributed by atoms with Gasteiger partial charge in [0.1, 0.15) is 0 Å². The smallest absolute Gasteiger partial charge is 0.279 e. The Bertz CT molecular complexity index is 887. The minimum atomic E-state index is -0.0688. The monoisotopic (exact) mass is 423 g/mol. The van der Waals surface area contributed by atoms with Crippen molar-refractivity contribution >= 4 is 23.4 Å².